The van der Waals surface area contributed by atoms with Gasteiger partial charge in [0.05, 0.1) is 0 Å². The Morgan fingerprint density at radius 3 is 2.12 bits per heavy atom. The third kappa shape index (κ3) is 14.2. The average Bonchev–Trinajstić information content (AvgIpc) is 2.68. The maximum Gasteiger partial charge on any atom is 0.155 e. The summed E-state index contributed by atoms with van der Waals surface area (Å²) in [5.74, 6) is 0.912. The highest BCUT2D eigenvalue weighted by Crippen LogP contribution is 2.41. The van der Waals surface area contributed by atoms with Gasteiger partial charge in [0.1, 0.15) is 0 Å². The van der Waals surface area contributed by atoms with E-state index in [2.05, 4.69) is 59.8 Å². The van der Waals surface area contributed by atoms with E-state index >= 15 is 0 Å². The Hall–Kier alpha value is -1.96. The van der Waals surface area contributed by atoms with Crippen molar-refractivity contribution < 1.29 is 9.59 Å². The molecular formula is C30H48O2. The van der Waals surface area contributed by atoms with Crippen LogP contribution in [0.4, 0.5) is 0 Å². The third-order valence-corrected chi connectivity index (χ3v) is 5.81. The van der Waals surface area contributed by atoms with Gasteiger partial charge in [-0.2, -0.15) is 0 Å². The summed E-state index contributed by atoms with van der Waals surface area (Å²) in [5.41, 5.74) is 4.39. The van der Waals surface area contributed by atoms with E-state index in [-0.39, 0.29) is 11.6 Å². The summed E-state index contributed by atoms with van der Waals surface area (Å²) in [6.07, 6.45) is 21.8. The smallest absolute Gasteiger partial charge is 0.155 e. The molecule has 1 unspecified atom stereocenters. The highest BCUT2D eigenvalue weighted by Gasteiger charge is 2.30. The normalized spacial score (nSPS) is 18.2. The van der Waals surface area contributed by atoms with Gasteiger partial charge in [-0.25, -0.2) is 0 Å². The van der Waals surface area contributed by atoms with Crippen LogP contribution in [0.25, 0.3) is 0 Å². The van der Waals surface area contributed by atoms with Crippen LogP contribution in [0.1, 0.15) is 107 Å². The zero-order valence-corrected chi connectivity index (χ0v) is 22.1. The van der Waals surface area contributed by atoms with E-state index in [0.717, 1.165) is 25.7 Å². The molecule has 0 saturated heterocycles. The van der Waals surface area contributed by atoms with E-state index in [1.54, 1.807) is 12.2 Å². The first-order chi connectivity index (χ1) is 15.0. The molecule has 0 heterocycles. The predicted octanol–water partition coefficient (Wildman–Crippen LogP) is 8.90. The SMILES string of the molecule is CCCC(=O)C=CC1C(C)=CCCC1(C)C.CCCC(=O)C=CC=C(C)CCC=C(C)C. The number of ketones is 2. The molecule has 2 nitrogen and oxygen atoms in total. The van der Waals surface area contributed by atoms with Crippen molar-refractivity contribution in [2.24, 2.45) is 11.3 Å². The zero-order valence-electron chi connectivity index (χ0n) is 22.1. The fourth-order valence-electron chi connectivity index (χ4n) is 3.84. The molecule has 0 aliphatic heterocycles. The highest BCUT2D eigenvalue weighted by molar-refractivity contribution is 5.90. The van der Waals surface area contributed by atoms with Crippen molar-refractivity contribution >= 4 is 11.6 Å². The molecule has 1 aliphatic carbocycles. The van der Waals surface area contributed by atoms with Gasteiger partial charge in [-0.1, -0.05) is 74.8 Å². The zero-order chi connectivity index (χ0) is 24.6. The Balaban J connectivity index is 0.000000601. The third-order valence-electron chi connectivity index (χ3n) is 5.81. The van der Waals surface area contributed by atoms with E-state index in [0.29, 0.717) is 24.2 Å². The maximum absolute atomic E-state index is 11.5. The van der Waals surface area contributed by atoms with Gasteiger partial charge in [0.15, 0.2) is 11.6 Å². The van der Waals surface area contributed by atoms with Gasteiger partial charge in [0.2, 0.25) is 0 Å². The fourth-order valence-corrected chi connectivity index (χ4v) is 3.84. The standard InChI is InChI=1S/2C15H24O/c1-5-7-13(16)9-10-14-12(2)8-6-11-15(14,3)4;1-5-8-15(16)12-7-11-14(4)10-6-9-13(2)3/h8-10,14H,5-7,11H2,1-4H3;7,9,11-12H,5-6,8,10H2,1-4H3. The van der Waals surface area contributed by atoms with Gasteiger partial charge in [0, 0.05) is 18.8 Å². The van der Waals surface area contributed by atoms with Crippen LogP contribution in [-0.4, -0.2) is 11.6 Å². The average molecular weight is 441 g/mol. The summed E-state index contributed by atoms with van der Waals surface area (Å²) in [7, 11) is 0. The molecule has 180 valence electrons. The first-order valence-electron chi connectivity index (χ1n) is 12.4. The van der Waals surface area contributed by atoms with Crippen molar-refractivity contribution in [2.75, 3.05) is 0 Å². The Morgan fingerprint density at radius 2 is 1.59 bits per heavy atom. The highest BCUT2D eigenvalue weighted by atomic mass is 16.1. The molecule has 1 atom stereocenters. The molecule has 1 rings (SSSR count). The van der Waals surface area contributed by atoms with Gasteiger partial charge >= 0.3 is 0 Å². The monoisotopic (exact) mass is 440 g/mol. The quantitative estimate of drug-likeness (QED) is 0.182. The second-order valence-electron chi connectivity index (χ2n) is 9.94. The summed E-state index contributed by atoms with van der Waals surface area (Å²) in [5, 5.41) is 0. The number of carbonyl (C=O) groups is 2. The van der Waals surface area contributed by atoms with Crippen molar-refractivity contribution in [3.63, 3.8) is 0 Å². The molecule has 0 aromatic rings. The summed E-state index contributed by atoms with van der Waals surface area (Å²) >= 11 is 0. The van der Waals surface area contributed by atoms with Crippen LogP contribution in [0.5, 0.6) is 0 Å². The molecule has 0 aromatic heterocycles. The first-order valence-corrected chi connectivity index (χ1v) is 12.4. The Labute approximate surface area is 198 Å². The van der Waals surface area contributed by atoms with Gasteiger partial charge in [-0.15, -0.1) is 0 Å². The van der Waals surface area contributed by atoms with Crippen molar-refractivity contribution in [1.29, 1.82) is 0 Å². The molecule has 0 radical (unpaired) electrons. The van der Waals surface area contributed by atoms with Crippen molar-refractivity contribution in [2.45, 2.75) is 107 Å². The fraction of sp³-hybridized carbons (Fsp3) is 0.600. The minimum atomic E-state index is 0.218. The minimum absolute atomic E-state index is 0.218. The van der Waals surface area contributed by atoms with Crippen molar-refractivity contribution in [3.05, 3.63) is 59.3 Å². The van der Waals surface area contributed by atoms with Crippen molar-refractivity contribution in [1.82, 2.24) is 0 Å². The first kappa shape index (κ1) is 30.0. The lowest BCUT2D eigenvalue weighted by atomic mass is 9.68. The second kappa shape index (κ2) is 16.6. The molecule has 0 aromatic carbocycles. The van der Waals surface area contributed by atoms with Gasteiger partial charge in [0.25, 0.3) is 0 Å². The van der Waals surface area contributed by atoms with E-state index in [1.807, 2.05) is 26.0 Å². The van der Waals surface area contributed by atoms with Gasteiger partial charge in [-0.05, 0) is 83.8 Å². The van der Waals surface area contributed by atoms with Crippen LogP contribution in [-0.2, 0) is 9.59 Å². The van der Waals surface area contributed by atoms with Crippen LogP contribution in [0, 0.1) is 11.3 Å². The van der Waals surface area contributed by atoms with E-state index in [4.69, 9.17) is 0 Å². The Kier molecular flexibility index (Phi) is 15.6. The van der Waals surface area contributed by atoms with Crippen LogP contribution >= 0.6 is 0 Å². The molecule has 0 fully saturated rings. The summed E-state index contributed by atoms with van der Waals surface area (Å²) in [4.78, 5) is 22.7. The lowest BCUT2D eigenvalue weighted by Gasteiger charge is -2.36. The van der Waals surface area contributed by atoms with E-state index in [1.165, 1.54) is 29.6 Å². The number of allylic oxidation sites excluding steroid dienone is 10. The molecule has 0 saturated carbocycles. The molecule has 2 heteroatoms. The molecular weight excluding hydrogens is 392 g/mol. The Bertz CT molecular complexity index is 722. The second-order valence-corrected chi connectivity index (χ2v) is 9.94. The lowest BCUT2D eigenvalue weighted by molar-refractivity contribution is -0.115. The largest absolute Gasteiger partial charge is 0.295 e. The molecule has 0 amide bonds. The number of carbonyl (C=O) groups excluding carboxylic acids is 2. The molecule has 1 aliphatic rings. The number of hydrogen-bond acceptors (Lipinski definition) is 2. The lowest BCUT2D eigenvalue weighted by Crippen LogP contribution is -2.26. The van der Waals surface area contributed by atoms with Crippen LogP contribution < -0.4 is 0 Å². The van der Waals surface area contributed by atoms with Crippen LogP contribution in [0.3, 0.4) is 0 Å². The number of rotatable bonds is 11. The molecule has 0 N–H and O–H groups in total. The Morgan fingerprint density at radius 1 is 1.00 bits per heavy atom. The van der Waals surface area contributed by atoms with E-state index < -0.39 is 0 Å². The minimum Gasteiger partial charge on any atom is -0.295 e. The van der Waals surface area contributed by atoms with Gasteiger partial charge in [-0.3, -0.25) is 9.59 Å². The molecule has 0 spiro atoms. The summed E-state index contributed by atoms with van der Waals surface area (Å²) in [6.45, 7) is 17.2. The number of hydrogen-bond donors (Lipinski definition) is 0. The topological polar surface area (TPSA) is 34.1 Å². The summed E-state index contributed by atoms with van der Waals surface area (Å²) < 4.78 is 0. The predicted molar refractivity (Wildman–Crippen MR) is 141 cm³/mol. The van der Waals surface area contributed by atoms with Crippen molar-refractivity contribution in [3.8, 4) is 0 Å². The molecule has 0 bridgehead atoms. The molecule has 32 heavy (non-hydrogen) atoms. The summed E-state index contributed by atoms with van der Waals surface area (Å²) in [6, 6.07) is 0. The van der Waals surface area contributed by atoms with Gasteiger partial charge < -0.3 is 0 Å². The van der Waals surface area contributed by atoms with Crippen LogP contribution in [0.2, 0.25) is 0 Å². The maximum atomic E-state index is 11.5. The van der Waals surface area contributed by atoms with Crippen LogP contribution in [0.15, 0.2) is 59.3 Å². The van der Waals surface area contributed by atoms with E-state index in [9.17, 15) is 9.59 Å².